The van der Waals surface area contributed by atoms with Gasteiger partial charge in [-0.1, -0.05) is 0 Å². The third-order valence-electron chi connectivity index (χ3n) is 3.32. The van der Waals surface area contributed by atoms with E-state index in [9.17, 15) is 18.0 Å². The van der Waals surface area contributed by atoms with Crippen molar-refractivity contribution in [2.24, 2.45) is 0 Å². The van der Waals surface area contributed by atoms with E-state index in [0.717, 1.165) is 0 Å². The molecule has 0 bridgehead atoms. The van der Waals surface area contributed by atoms with Gasteiger partial charge >= 0.3 is 6.03 Å². The Morgan fingerprint density at radius 3 is 2.33 bits per heavy atom. The molecule has 7 nitrogen and oxygen atoms in total. The first-order valence-corrected chi connectivity index (χ1v) is 7.71. The molecule has 9 heteroatoms. The third kappa shape index (κ3) is 2.32. The van der Waals surface area contributed by atoms with E-state index in [1.807, 2.05) is 0 Å². The van der Waals surface area contributed by atoms with E-state index in [1.165, 1.54) is 4.31 Å². The van der Waals surface area contributed by atoms with Crippen LogP contribution in [0.2, 0.25) is 0 Å². The predicted octanol–water partition coefficient (Wildman–Crippen LogP) is -0.771. The molecule has 18 heavy (non-hydrogen) atoms. The lowest BCUT2D eigenvalue weighted by atomic mass is 9.89. The molecular weight excluding hydrogens is 282 g/mol. The number of imide groups is 1. The molecule has 0 atom stereocenters. The van der Waals surface area contributed by atoms with Gasteiger partial charge in [-0.05, 0) is 12.8 Å². The fraction of sp³-hybridized carbons (Fsp3) is 0.778. The lowest BCUT2D eigenvalue weighted by molar-refractivity contribution is -0.125. The Morgan fingerprint density at radius 2 is 1.89 bits per heavy atom. The van der Waals surface area contributed by atoms with Crippen LogP contribution in [0, 0.1) is 0 Å². The number of nitrogens with one attached hydrogen (secondary N) is 2. The number of urea groups is 1. The van der Waals surface area contributed by atoms with Crippen molar-refractivity contribution in [3.63, 3.8) is 0 Å². The highest BCUT2D eigenvalue weighted by Crippen LogP contribution is 2.26. The highest BCUT2D eigenvalue weighted by molar-refractivity contribution is 7.89. The summed E-state index contributed by atoms with van der Waals surface area (Å²) in [5.74, 6) is -0.441. The van der Waals surface area contributed by atoms with Crippen LogP contribution in [0.1, 0.15) is 12.8 Å². The fourth-order valence-corrected chi connectivity index (χ4v) is 4.03. The van der Waals surface area contributed by atoms with Crippen molar-refractivity contribution >= 4 is 33.6 Å². The highest BCUT2D eigenvalue weighted by atomic mass is 35.5. The van der Waals surface area contributed by atoms with Gasteiger partial charge in [-0.2, -0.15) is 0 Å². The summed E-state index contributed by atoms with van der Waals surface area (Å²) in [7, 11) is -3.35. The van der Waals surface area contributed by atoms with Crippen LogP contribution in [0.3, 0.4) is 0 Å². The van der Waals surface area contributed by atoms with E-state index in [0.29, 0.717) is 0 Å². The molecular formula is C9H14ClN3O4S. The lowest BCUT2D eigenvalue weighted by Gasteiger charge is -2.36. The normalized spacial score (nSPS) is 24.1. The minimum atomic E-state index is -3.35. The van der Waals surface area contributed by atoms with Crippen LogP contribution < -0.4 is 10.6 Å². The summed E-state index contributed by atoms with van der Waals surface area (Å²) in [6, 6.07) is -0.517. The second-order valence-corrected chi connectivity index (χ2v) is 6.86. The van der Waals surface area contributed by atoms with Crippen molar-refractivity contribution < 1.29 is 18.0 Å². The summed E-state index contributed by atoms with van der Waals surface area (Å²) in [6.45, 7) is 0.430. The number of amides is 3. The van der Waals surface area contributed by atoms with Gasteiger partial charge in [0.2, 0.25) is 10.0 Å². The van der Waals surface area contributed by atoms with Crippen LogP contribution >= 0.6 is 11.6 Å². The van der Waals surface area contributed by atoms with Gasteiger partial charge in [0.1, 0.15) is 5.54 Å². The maximum atomic E-state index is 11.8. The molecule has 2 rings (SSSR count). The second-order valence-electron chi connectivity index (χ2n) is 4.39. The SMILES string of the molecule is O=C1NC(=O)C2(CCN(S(=O)(=O)CCCl)CC2)N1. The molecule has 0 saturated carbocycles. The average molecular weight is 296 g/mol. The maximum absolute atomic E-state index is 11.8. The fourth-order valence-electron chi connectivity index (χ4n) is 2.25. The van der Waals surface area contributed by atoms with Gasteiger partial charge in [-0.25, -0.2) is 17.5 Å². The smallest absolute Gasteiger partial charge is 0.322 e. The van der Waals surface area contributed by atoms with E-state index < -0.39 is 21.6 Å². The Morgan fingerprint density at radius 1 is 1.28 bits per heavy atom. The molecule has 102 valence electrons. The Bertz CT molecular complexity index is 470. The Kier molecular flexibility index (Phi) is 3.52. The van der Waals surface area contributed by atoms with Crippen LogP contribution in [0.25, 0.3) is 0 Å². The number of piperidine rings is 1. The lowest BCUT2D eigenvalue weighted by Crippen LogP contribution is -2.56. The van der Waals surface area contributed by atoms with Crippen molar-refractivity contribution in [3.05, 3.63) is 0 Å². The first kappa shape index (κ1) is 13.6. The number of rotatable bonds is 3. The average Bonchev–Trinajstić information content (AvgIpc) is 2.54. The Hall–Kier alpha value is -0.860. The summed E-state index contributed by atoms with van der Waals surface area (Å²) in [5.41, 5.74) is -0.940. The number of carbonyl (C=O) groups excluding carboxylic acids is 2. The van der Waals surface area contributed by atoms with Gasteiger partial charge in [0.15, 0.2) is 0 Å². The minimum Gasteiger partial charge on any atom is -0.323 e. The predicted molar refractivity (Wildman–Crippen MR) is 64.7 cm³/mol. The van der Waals surface area contributed by atoms with E-state index in [4.69, 9.17) is 11.6 Å². The molecule has 3 amide bonds. The molecule has 0 aromatic carbocycles. The summed E-state index contributed by atoms with van der Waals surface area (Å²) < 4.78 is 24.9. The van der Waals surface area contributed by atoms with E-state index in [2.05, 4.69) is 10.6 Å². The summed E-state index contributed by atoms with van der Waals surface area (Å²) >= 11 is 5.44. The first-order valence-electron chi connectivity index (χ1n) is 5.57. The molecule has 2 aliphatic rings. The van der Waals surface area contributed by atoms with E-state index in [-0.39, 0.29) is 43.5 Å². The molecule has 0 radical (unpaired) electrons. The van der Waals surface area contributed by atoms with Gasteiger partial charge in [0.25, 0.3) is 5.91 Å². The topological polar surface area (TPSA) is 95.6 Å². The number of alkyl halides is 1. The molecule has 0 aliphatic carbocycles. The molecule has 0 aromatic heterocycles. The van der Waals surface area contributed by atoms with Gasteiger partial charge in [-0.3, -0.25) is 10.1 Å². The Balaban J connectivity index is 2.05. The van der Waals surface area contributed by atoms with Crippen molar-refractivity contribution in [2.75, 3.05) is 24.7 Å². The zero-order chi connectivity index (χ0) is 13.4. The molecule has 2 saturated heterocycles. The molecule has 1 spiro atoms. The minimum absolute atomic E-state index is 0.0429. The van der Waals surface area contributed by atoms with Gasteiger partial charge < -0.3 is 5.32 Å². The number of hydrogen-bond donors (Lipinski definition) is 2. The first-order chi connectivity index (χ1) is 8.39. The number of sulfonamides is 1. The van der Waals surface area contributed by atoms with E-state index >= 15 is 0 Å². The zero-order valence-electron chi connectivity index (χ0n) is 9.61. The highest BCUT2D eigenvalue weighted by Gasteiger charge is 2.49. The monoisotopic (exact) mass is 295 g/mol. The van der Waals surface area contributed by atoms with E-state index in [1.54, 1.807) is 0 Å². The molecule has 2 N–H and O–H groups in total. The number of halogens is 1. The van der Waals surface area contributed by atoms with Crippen molar-refractivity contribution in [1.82, 2.24) is 14.9 Å². The summed E-state index contributed by atoms with van der Waals surface area (Å²) in [5, 5.41) is 4.75. The molecule has 0 unspecified atom stereocenters. The van der Waals surface area contributed by atoms with Crippen LogP contribution in [0.5, 0.6) is 0 Å². The van der Waals surface area contributed by atoms with Crippen LogP contribution in [-0.2, 0) is 14.8 Å². The van der Waals surface area contributed by atoms with Gasteiger partial charge in [0, 0.05) is 19.0 Å². The molecule has 2 heterocycles. The standard InChI is InChI=1S/C9H14ClN3O4S/c10-3-6-18(16,17)13-4-1-9(2-5-13)7(14)11-8(15)12-9/h1-6H2,(H2,11,12,14,15). The van der Waals surface area contributed by atoms with Crippen molar-refractivity contribution in [3.8, 4) is 0 Å². The molecule has 0 aromatic rings. The number of carbonyl (C=O) groups is 2. The zero-order valence-corrected chi connectivity index (χ0v) is 11.2. The summed E-state index contributed by atoms with van der Waals surface area (Å²) in [4.78, 5) is 22.8. The van der Waals surface area contributed by atoms with Crippen LogP contribution in [-0.4, -0.2) is 54.9 Å². The quantitative estimate of drug-likeness (QED) is 0.528. The summed E-state index contributed by atoms with van der Waals surface area (Å²) in [6.07, 6.45) is 0.568. The largest absolute Gasteiger partial charge is 0.323 e. The van der Waals surface area contributed by atoms with Crippen molar-refractivity contribution in [2.45, 2.75) is 18.4 Å². The van der Waals surface area contributed by atoms with Gasteiger partial charge in [-0.15, -0.1) is 11.6 Å². The van der Waals surface area contributed by atoms with Crippen LogP contribution in [0.4, 0.5) is 4.79 Å². The van der Waals surface area contributed by atoms with Crippen molar-refractivity contribution in [1.29, 1.82) is 0 Å². The van der Waals surface area contributed by atoms with Crippen LogP contribution in [0.15, 0.2) is 0 Å². The maximum Gasteiger partial charge on any atom is 0.322 e. The van der Waals surface area contributed by atoms with Gasteiger partial charge in [0.05, 0.1) is 5.75 Å². The third-order valence-corrected chi connectivity index (χ3v) is 5.60. The molecule has 2 fully saturated rings. The number of hydrogen-bond acceptors (Lipinski definition) is 4. The Labute approximate surface area is 110 Å². The molecule has 2 aliphatic heterocycles. The number of nitrogens with zero attached hydrogens (tertiary/aromatic N) is 1. The second kappa shape index (κ2) is 4.67.